The van der Waals surface area contributed by atoms with Crippen molar-refractivity contribution in [2.75, 3.05) is 23.4 Å². The second kappa shape index (κ2) is 6.39. The normalized spacial score (nSPS) is 15.1. The molecule has 0 bridgehead atoms. The van der Waals surface area contributed by atoms with Crippen LogP contribution in [0.25, 0.3) is 0 Å². The summed E-state index contributed by atoms with van der Waals surface area (Å²) in [6.45, 7) is 2.74. The first-order valence-corrected chi connectivity index (χ1v) is 9.99. The Morgan fingerprint density at radius 3 is 2.58 bits per heavy atom. The van der Waals surface area contributed by atoms with Crippen LogP contribution >= 0.6 is 0 Å². The van der Waals surface area contributed by atoms with Crippen molar-refractivity contribution in [1.82, 2.24) is 9.97 Å². The fraction of sp³-hybridized carbons (Fsp3) is 0.412. The quantitative estimate of drug-likeness (QED) is 0.895. The number of benzene rings is 1. The molecule has 1 aromatic carbocycles. The average Bonchev–Trinajstić information content (AvgIpc) is 2.46. The average molecular weight is 346 g/mol. The van der Waals surface area contributed by atoms with Gasteiger partial charge in [0.05, 0.1) is 4.90 Å². The van der Waals surface area contributed by atoms with Gasteiger partial charge >= 0.3 is 0 Å². The minimum atomic E-state index is -3.23. The van der Waals surface area contributed by atoms with Gasteiger partial charge in [0.25, 0.3) is 0 Å². The smallest absolute Gasteiger partial charge is 0.221 e. The summed E-state index contributed by atoms with van der Waals surface area (Å²) >= 11 is 0. The molecule has 0 spiro atoms. The summed E-state index contributed by atoms with van der Waals surface area (Å²) in [6, 6.07) is 7.18. The van der Waals surface area contributed by atoms with Crippen molar-refractivity contribution in [3.05, 3.63) is 36.0 Å². The molecule has 1 aliphatic rings. The van der Waals surface area contributed by atoms with Gasteiger partial charge in [0, 0.05) is 24.7 Å². The third-order valence-electron chi connectivity index (χ3n) is 4.52. The van der Waals surface area contributed by atoms with E-state index in [1.54, 1.807) is 12.3 Å². The standard InChI is InChI=1S/C17H22N4O2S/c1-3-21(16-9-10-19-17(18)20-16)15-8-7-13(24(2,22)23)11-14(15)12-5-4-6-12/h7-12H,3-6H2,1-2H3,(H2,18,19,20). The highest BCUT2D eigenvalue weighted by molar-refractivity contribution is 7.90. The van der Waals surface area contributed by atoms with Crippen LogP contribution in [0.1, 0.15) is 37.7 Å². The SMILES string of the molecule is CCN(c1ccnc(N)n1)c1ccc(S(C)(=O)=O)cc1C1CCC1. The number of sulfone groups is 1. The summed E-state index contributed by atoms with van der Waals surface area (Å²) in [6.07, 6.45) is 6.23. The van der Waals surface area contributed by atoms with Gasteiger partial charge in [-0.05, 0) is 55.5 Å². The maximum absolute atomic E-state index is 11.9. The van der Waals surface area contributed by atoms with Crippen LogP contribution in [0.3, 0.4) is 0 Å². The van der Waals surface area contributed by atoms with Crippen LogP contribution in [-0.2, 0) is 9.84 Å². The zero-order chi connectivity index (χ0) is 17.3. The van der Waals surface area contributed by atoms with Crippen molar-refractivity contribution in [1.29, 1.82) is 0 Å². The van der Waals surface area contributed by atoms with Gasteiger partial charge in [-0.25, -0.2) is 13.4 Å². The topological polar surface area (TPSA) is 89.2 Å². The van der Waals surface area contributed by atoms with E-state index in [0.717, 1.165) is 29.9 Å². The maximum Gasteiger partial charge on any atom is 0.221 e. The molecule has 128 valence electrons. The molecule has 0 atom stereocenters. The molecule has 1 heterocycles. The number of hydrogen-bond donors (Lipinski definition) is 1. The minimum Gasteiger partial charge on any atom is -0.368 e. The molecular weight excluding hydrogens is 324 g/mol. The lowest BCUT2D eigenvalue weighted by Crippen LogP contribution is -2.22. The largest absolute Gasteiger partial charge is 0.368 e. The maximum atomic E-state index is 11.9. The highest BCUT2D eigenvalue weighted by Crippen LogP contribution is 2.43. The lowest BCUT2D eigenvalue weighted by atomic mass is 9.79. The Balaban J connectivity index is 2.11. The molecule has 1 saturated carbocycles. The van der Waals surface area contributed by atoms with Gasteiger partial charge in [-0.1, -0.05) is 6.42 Å². The van der Waals surface area contributed by atoms with Crippen LogP contribution in [-0.4, -0.2) is 31.2 Å². The van der Waals surface area contributed by atoms with E-state index in [1.807, 2.05) is 25.1 Å². The van der Waals surface area contributed by atoms with Crippen LogP contribution in [0.4, 0.5) is 17.5 Å². The summed E-state index contributed by atoms with van der Waals surface area (Å²) in [5.74, 6) is 1.34. The summed E-state index contributed by atoms with van der Waals surface area (Å²) in [4.78, 5) is 10.7. The van der Waals surface area contributed by atoms with Crippen LogP contribution in [0.15, 0.2) is 35.4 Å². The van der Waals surface area contributed by atoms with Gasteiger partial charge in [-0.15, -0.1) is 0 Å². The fourth-order valence-corrected chi connectivity index (χ4v) is 3.68. The molecule has 0 radical (unpaired) electrons. The van der Waals surface area contributed by atoms with Gasteiger partial charge in [-0.3, -0.25) is 0 Å². The molecule has 0 unspecified atom stereocenters. The molecule has 2 N–H and O–H groups in total. The molecule has 24 heavy (non-hydrogen) atoms. The molecular formula is C17H22N4O2S. The zero-order valence-corrected chi connectivity index (χ0v) is 14.8. The summed E-state index contributed by atoms with van der Waals surface area (Å²) < 4.78 is 23.9. The van der Waals surface area contributed by atoms with E-state index in [1.165, 1.54) is 12.7 Å². The second-order valence-electron chi connectivity index (χ2n) is 6.14. The number of nitrogen functional groups attached to an aromatic ring is 1. The van der Waals surface area contributed by atoms with Crippen LogP contribution < -0.4 is 10.6 Å². The molecule has 0 saturated heterocycles. The minimum absolute atomic E-state index is 0.226. The molecule has 0 amide bonds. The highest BCUT2D eigenvalue weighted by Gasteiger charge is 2.26. The summed E-state index contributed by atoms with van der Waals surface area (Å²) in [7, 11) is -3.23. The predicted octanol–water partition coefficient (Wildman–Crippen LogP) is 2.89. The van der Waals surface area contributed by atoms with Crippen LogP contribution in [0.5, 0.6) is 0 Å². The van der Waals surface area contributed by atoms with Crippen molar-refractivity contribution < 1.29 is 8.42 Å². The highest BCUT2D eigenvalue weighted by atomic mass is 32.2. The number of hydrogen-bond acceptors (Lipinski definition) is 6. The van der Waals surface area contributed by atoms with Crippen molar-refractivity contribution in [2.24, 2.45) is 0 Å². The van der Waals surface area contributed by atoms with E-state index < -0.39 is 9.84 Å². The molecule has 0 aliphatic heterocycles. The lowest BCUT2D eigenvalue weighted by molar-refractivity contribution is 0.419. The molecule has 6 nitrogen and oxygen atoms in total. The molecule has 1 aromatic heterocycles. The van der Waals surface area contributed by atoms with E-state index >= 15 is 0 Å². The lowest BCUT2D eigenvalue weighted by Gasteiger charge is -2.32. The second-order valence-corrected chi connectivity index (χ2v) is 8.15. The molecule has 1 aliphatic carbocycles. The number of anilines is 3. The van der Waals surface area contributed by atoms with E-state index in [9.17, 15) is 8.42 Å². The predicted molar refractivity (Wildman–Crippen MR) is 95.3 cm³/mol. The number of rotatable bonds is 5. The van der Waals surface area contributed by atoms with Gasteiger partial charge in [-0.2, -0.15) is 4.98 Å². The first-order valence-electron chi connectivity index (χ1n) is 8.10. The van der Waals surface area contributed by atoms with Crippen molar-refractivity contribution >= 4 is 27.3 Å². The van der Waals surface area contributed by atoms with Gasteiger partial charge < -0.3 is 10.6 Å². The Morgan fingerprint density at radius 2 is 2.04 bits per heavy atom. The number of nitrogens with zero attached hydrogens (tertiary/aromatic N) is 3. The third-order valence-corrected chi connectivity index (χ3v) is 5.63. The zero-order valence-electron chi connectivity index (χ0n) is 13.9. The van der Waals surface area contributed by atoms with E-state index in [2.05, 4.69) is 14.9 Å². The number of nitrogens with two attached hydrogens (primary N) is 1. The Kier molecular flexibility index (Phi) is 4.45. The first kappa shape index (κ1) is 16.7. The van der Waals surface area contributed by atoms with Crippen molar-refractivity contribution in [2.45, 2.75) is 37.0 Å². The molecule has 2 aromatic rings. The summed E-state index contributed by atoms with van der Waals surface area (Å²) in [5.41, 5.74) is 7.78. The van der Waals surface area contributed by atoms with Crippen molar-refractivity contribution in [3.8, 4) is 0 Å². The monoisotopic (exact) mass is 346 g/mol. The number of aromatic nitrogens is 2. The van der Waals surface area contributed by atoms with E-state index in [4.69, 9.17) is 5.73 Å². The van der Waals surface area contributed by atoms with Crippen molar-refractivity contribution in [3.63, 3.8) is 0 Å². The van der Waals surface area contributed by atoms with Crippen LogP contribution in [0.2, 0.25) is 0 Å². The summed E-state index contributed by atoms with van der Waals surface area (Å²) in [5, 5.41) is 0. The molecule has 3 rings (SSSR count). The van der Waals surface area contributed by atoms with Gasteiger partial charge in [0.2, 0.25) is 5.95 Å². The molecule has 7 heteroatoms. The molecule has 1 fully saturated rings. The first-order chi connectivity index (χ1) is 11.4. The Bertz CT molecular complexity index is 847. The van der Waals surface area contributed by atoms with Crippen LogP contribution in [0, 0.1) is 0 Å². The Hall–Kier alpha value is -2.15. The van der Waals surface area contributed by atoms with Gasteiger partial charge in [0.1, 0.15) is 5.82 Å². The Morgan fingerprint density at radius 1 is 1.29 bits per heavy atom. The van der Waals surface area contributed by atoms with Gasteiger partial charge in [0.15, 0.2) is 9.84 Å². The fourth-order valence-electron chi connectivity index (χ4n) is 3.03. The Labute approximate surface area is 142 Å². The van der Waals surface area contributed by atoms with E-state index in [-0.39, 0.29) is 5.95 Å². The third kappa shape index (κ3) is 3.21. The van der Waals surface area contributed by atoms with E-state index in [0.29, 0.717) is 17.4 Å².